The molecule has 0 aromatic carbocycles. The van der Waals surface area contributed by atoms with E-state index >= 15 is 0 Å². The molecule has 0 saturated heterocycles. The molecule has 0 rings (SSSR count). The van der Waals surface area contributed by atoms with E-state index in [9.17, 15) is 9.59 Å². The number of carbonyl (C=O) groups is 2. The van der Waals surface area contributed by atoms with E-state index in [1.807, 2.05) is 0 Å². The molecule has 0 fully saturated rings. The fourth-order valence-electron chi connectivity index (χ4n) is 1.61. The Balaban J connectivity index is 4.97. The Bertz CT molecular complexity index is 316. The maximum atomic E-state index is 12.2. The van der Waals surface area contributed by atoms with Gasteiger partial charge in [-0.25, -0.2) is 0 Å². The van der Waals surface area contributed by atoms with Gasteiger partial charge in [-0.15, -0.1) is 0 Å². The minimum absolute atomic E-state index is 0.102. The van der Waals surface area contributed by atoms with Gasteiger partial charge in [-0.3, -0.25) is 9.59 Å². The van der Waals surface area contributed by atoms with E-state index in [0.717, 1.165) is 0 Å². The van der Waals surface area contributed by atoms with Gasteiger partial charge >= 0.3 is 5.97 Å². The molecule has 0 saturated carbocycles. The summed E-state index contributed by atoms with van der Waals surface area (Å²) in [6.07, 6.45) is 0.882. The van der Waals surface area contributed by atoms with Gasteiger partial charge in [0, 0.05) is 6.54 Å². The minimum atomic E-state index is -1.02. The predicted molar refractivity (Wildman–Crippen MR) is 62.9 cm³/mol. The van der Waals surface area contributed by atoms with Crippen LogP contribution in [0, 0.1) is 16.7 Å². The summed E-state index contributed by atoms with van der Waals surface area (Å²) in [7, 11) is 1.28. The monoisotopic (exact) mass is 240 g/mol. The van der Waals surface area contributed by atoms with E-state index < -0.39 is 11.4 Å². The van der Waals surface area contributed by atoms with Gasteiger partial charge in [0.1, 0.15) is 12.0 Å². The van der Waals surface area contributed by atoms with E-state index in [-0.39, 0.29) is 12.5 Å². The molecule has 0 heterocycles. The summed E-state index contributed by atoms with van der Waals surface area (Å²) in [6.45, 7) is 5.66. The number of nitriles is 1. The number of hydrogen-bond acceptors (Lipinski definition) is 4. The van der Waals surface area contributed by atoms with Gasteiger partial charge in [-0.05, 0) is 19.8 Å². The maximum absolute atomic E-state index is 12.2. The third-order valence-corrected chi connectivity index (χ3v) is 3.05. The molecule has 96 valence electrons. The molecule has 0 aromatic heterocycles. The number of amides is 1. The lowest BCUT2D eigenvalue weighted by molar-refractivity contribution is -0.150. The van der Waals surface area contributed by atoms with Gasteiger partial charge in [0.05, 0.1) is 13.2 Å². The SMILES string of the molecule is CCN(CC(=O)OC)C(=O)C(C#N)(CC)CC. The van der Waals surface area contributed by atoms with E-state index in [0.29, 0.717) is 19.4 Å². The van der Waals surface area contributed by atoms with E-state index in [2.05, 4.69) is 10.8 Å². The van der Waals surface area contributed by atoms with Gasteiger partial charge in [0.15, 0.2) is 0 Å². The molecule has 0 unspecified atom stereocenters. The molecule has 0 N–H and O–H groups in total. The summed E-state index contributed by atoms with van der Waals surface area (Å²) in [6, 6.07) is 2.08. The summed E-state index contributed by atoms with van der Waals surface area (Å²) >= 11 is 0. The Morgan fingerprint density at radius 1 is 1.29 bits per heavy atom. The van der Waals surface area contributed by atoms with Crippen LogP contribution in [0.1, 0.15) is 33.6 Å². The highest BCUT2D eigenvalue weighted by Crippen LogP contribution is 2.28. The van der Waals surface area contributed by atoms with Gasteiger partial charge in [-0.2, -0.15) is 5.26 Å². The molecular formula is C12H20N2O3. The van der Waals surface area contributed by atoms with Crippen LogP contribution in [0.25, 0.3) is 0 Å². The Morgan fingerprint density at radius 2 is 1.82 bits per heavy atom. The maximum Gasteiger partial charge on any atom is 0.325 e. The number of carbonyl (C=O) groups excluding carboxylic acids is 2. The van der Waals surface area contributed by atoms with Gasteiger partial charge < -0.3 is 9.64 Å². The fraction of sp³-hybridized carbons (Fsp3) is 0.750. The first kappa shape index (κ1) is 15.4. The molecule has 0 aromatic rings. The smallest absolute Gasteiger partial charge is 0.325 e. The summed E-state index contributed by atoms with van der Waals surface area (Å²) < 4.78 is 4.53. The molecule has 5 nitrogen and oxygen atoms in total. The van der Waals surface area contributed by atoms with Crippen molar-refractivity contribution in [3.05, 3.63) is 0 Å². The molecular weight excluding hydrogens is 220 g/mol. The minimum Gasteiger partial charge on any atom is -0.468 e. The largest absolute Gasteiger partial charge is 0.468 e. The van der Waals surface area contributed by atoms with Crippen LogP contribution in [0.15, 0.2) is 0 Å². The van der Waals surface area contributed by atoms with Crippen LogP contribution in [0.5, 0.6) is 0 Å². The van der Waals surface area contributed by atoms with Crippen molar-refractivity contribution < 1.29 is 14.3 Å². The van der Waals surface area contributed by atoms with Gasteiger partial charge in [0.25, 0.3) is 0 Å². The summed E-state index contributed by atoms with van der Waals surface area (Å²) in [4.78, 5) is 24.8. The van der Waals surface area contributed by atoms with Crippen molar-refractivity contribution in [2.45, 2.75) is 33.6 Å². The third kappa shape index (κ3) is 3.45. The topological polar surface area (TPSA) is 70.4 Å². The van der Waals surface area contributed by atoms with Crippen LogP contribution in [-0.4, -0.2) is 37.0 Å². The third-order valence-electron chi connectivity index (χ3n) is 3.05. The average molecular weight is 240 g/mol. The lowest BCUT2D eigenvalue weighted by Gasteiger charge is -2.29. The van der Waals surface area contributed by atoms with Crippen LogP contribution in [-0.2, 0) is 14.3 Å². The summed E-state index contributed by atoms with van der Waals surface area (Å²) in [5, 5.41) is 9.17. The number of esters is 1. The molecule has 17 heavy (non-hydrogen) atoms. The highest BCUT2D eigenvalue weighted by Gasteiger charge is 2.38. The number of methoxy groups -OCH3 is 1. The van der Waals surface area contributed by atoms with Crippen molar-refractivity contribution in [1.29, 1.82) is 5.26 Å². The zero-order valence-electron chi connectivity index (χ0n) is 10.9. The van der Waals surface area contributed by atoms with Crippen molar-refractivity contribution in [3.63, 3.8) is 0 Å². The van der Waals surface area contributed by atoms with Crippen molar-refractivity contribution in [3.8, 4) is 6.07 Å². The number of ether oxygens (including phenoxy) is 1. The molecule has 0 radical (unpaired) electrons. The quantitative estimate of drug-likeness (QED) is 0.657. The first-order valence-corrected chi connectivity index (χ1v) is 5.78. The van der Waals surface area contributed by atoms with Crippen molar-refractivity contribution in [2.75, 3.05) is 20.2 Å². The first-order chi connectivity index (χ1) is 8.01. The Kier molecular flexibility index (Phi) is 6.26. The van der Waals surface area contributed by atoms with Crippen molar-refractivity contribution in [1.82, 2.24) is 4.90 Å². The second-order valence-electron chi connectivity index (χ2n) is 3.80. The molecule has 1 amide bonds. The van der Waals surface area contributed by atoms with Crippen molar-refractivity contribution >= 4 is 11.9 Å². The van der Waals surface area contributed by atoms with E-state index in [4.69, 9.17) is 5.26 Å². The zero-order chi connectivity index (χ0) is 13.5. The predicted octanol–water partition coefficient (Wildman–Crippen LogP) is 1.34. The molecule has 0 aliphatic rings. The lowest BCUT2D eigenvalue weighted by Crippen LogP contribution is -2.45. The van der Waals surface area contributed by atoms with Gasteiger partial charge in [-0.1, -0.05) is 13.8 Å². The molecule has 0 aliphatic heterocycles. The highest BCUT2D eigenvalue weighted by molar-refractivity contribution is 5.88. The molecule has 0 spiro atoms. The van der Waals surface area contributed by atoms with Crippen LogP contribution in [0.3, 0.4) is 0 Å². The standard InChI is InChI=1S/C12H20N2O3/c1-5-12(6-2,9-13)11(16)14(7-3)8-10(15)17-4/h5-8H2,1-4H3. The normalized spacial score (nSPS) is 10.5. The van der Waals surface area contributed by atoms with Crippen LogP contribution >= 0.6 is 0 Å². The summed E-state index contributed by atoms with van der Waals surface area (Å²) in [5.74, 6) is -0.767. The lowest BCUT2D eigenvalue weighted by atomic mass is 9.82. The van der Waals surface area contributed by atoms with Crippen LogP contribution in [0.2, 0.25) is 0 Å². The fourth-order valence-corrected chi connectivity index (χ4v) is 1.61. The van der Waals surface area contributed by atoms with Crippen LogP contribution < -0.4 is 0 Å². The molecule has 0 aliphatic carbocycles. The molecule has 0 bridgehead atoms. The van der Waals surface area contributed by atoms with Crippen molar-refractivity contribution in [2.24, 2.45) is 5.41 Å². The highest BCUT2D eigenvalue weighted by atomic mass is 16.5. The van der Waals surface area contributed by atoms with Crippen LogP contribution in [0.4, 0.5) is 0 Å². The van der Waals surface area contributed by atoms with E-state index in [1.54, 1.807) is 20.8 Å². The first-order valence-electron chi connectivity index (χ1n) is 5.78. The molecule has 0 atom stereocenters. The number of likely N-dealkylation sites (N-methyl/N-ethyl adjacent to an activating group) is 1. The Hall–Kier alpha value is -1.57. The second-order valence-corrected chi connectivity index (χ2v) is 3.80. The number of hydrogen-bond donors (Lipinski definition) is 0. The Morgan fingerprint density at radius 3 is 2.12 bits per heavy atom. The average Bonchev–Trinajstić information content (AvgIpc) is 2.38. The second kappa shape index (κ2) is 6.89. The molecule has 5 heteroatoms. The Labute approximate surface area is 102 Å². The number of rotatable bonds is 6. The van der Waals surface area contributed by atoms with E-state index in [1.165, 1.54) is 12.0 Å². The summed E-state index contributed by atoms with van der Waals surface area (Å²) in [5.41, 5.74) is -1.02. The number of nitrogens with zero attached hydrogens (tertiary/aromatic N) is 2. The van der Waals surface area contributed by atoms with Gasteiger partial charge in [0.2, 0.25) is 5.91 Å². The zero-order valence-corrected chi connectivity index (χ0v) is 10.9.